The molecule has 0 spiro atoms. The quantitative estimate of drug-likeness (QED) is 0.163. The third-order valence-corrected chi connectivity index (χ3v) is 7.64. The van der Waals surface area contributed by atoms with Gasteiger partial charge in [0.25, 0.3) is 11.2 Å². The Hall–Kier alpha value is -5.03. The predicted octanol–water partition coefficient (Wildman–Crippen LogP) is 4.29. The summed E-state index contributed by atoms with van der Waals surface area (Å²) in [6.07, 6.45) is 1.65. The number of allylic oxidation sites excluding steroid dienone is 1. The fourth-order valence-electron chi connectivity index (χ4n) is 4.66. The Balaban J connectivity index is 1.60. The van der Waals surface area contributed by atoms with Gasteiger partial charge in [-0.05, 0) is 60.9 Å². The number of carbonyl (C=O) groups is 1. The SMILES string of the molecule is CCOC(=O)C1=C(C)N=c2s/c(=C\c3ccc([N+](=O)[O-])cc3)c(=O)n2C1c1ccc(OCc2ccccc2)c(OC)c1. The second-order valence-corrected chi connectivity index (χ2v) is 10.3. The molecule has 0 amide bonds. The fraction of sp³-hybridized carbons (Fsp3) is 0.194. The number of nitrogens with zero attached hydrogens (tertiary/aromatic N) is 3. The van der Waals surface area contributed by atoms with E-state index in [1.165, 1.54) is 35.1 Å². The second kappa shape index (κ2) is 12.2. The van der Waals surface area contributed by atoms with Crippen LogP contribution >= 0.6 is 11.3 Å². The van der Waals surface area contributed by atoms with Crippen LogP contribution in [0.2, 0.25) is 0 Å². The first-order valence-corrected chi connectivity index (χ1v) is 13.9. The van der Waals surface area contributed by atoms with Gasteiger partial charge in [0.05, 0.1) is 40.5 Å². The van der Waals surface area contributed by atoms with Gasteiger partial charge in [-0.3, -0.25) is 19.5 Å². The van der Waals surface area contributed by atoms with E-state index in [1.807, 2.05) is 30.3 Å². The zero-order valence-corrected chi connectivity index (χ0v) is 23.9. The standard InChI is InChI=1S/C31H27N3O7S/c1-4-40-30(36)27-19(2)32-31-33(29(35)26(42-31)16-20-10-13-23(14-11-20)34(37)38)28(27)22-12-15-24(25(17-22)39-3)41-18-21-8-6-5-7-9-21/h5-17,28H,4,18H2,1-3H3/b26-16-. The van der Waals surface area contributed by atoms with Crippen molar-refractivity contribution in [2.45, 2.75) is 26.5 Å². The molecule has 0 radical (unpaired) electrons. The molecule has 1 aromatic heterocycles. The van der Waals surface area contributed by atoms with Crippen molar-refractivity contribution in [3.05, 3.63) is 131 Å². The van der Waals surface area contributed by atoms with E-state index < -0.39 is 16.9 Å². The van der Waals surface area contributed by atoms with E-state index in [4.69, 9.17) is 14.2 Å². The van der Waals surface area contributed by atoms with Crippen LogP contribution in [0, 0.1) is 10.1 Å². The van der Waals surface area contributed by atoms with Gasteiger partial charge in [0, 0.05) is 12.1 Å². The van der Waals surface area contributed by atoms with E-state index in [-0.39, 0.29) is 23.4 Å². The number of thiazole rings is 1. The van der Waals surface area contributed by atoms with E-state index in [0.29, 0.717) is 44.3 Å². The molecule has 1 atom stereocenters. The summed E-state index contributed by atoms with van der Waals surface area (Å²) in [7, 11) is 1.53. The van der Waals surface area contributed by atoms with Crippen LogP contribution in [0.1, 0.15) is 36.6 Å². The number of hydrogen-bond acceptors (Lipinski definition) is 9. The molecule has 0 saturated heterocycles. The summed E-state index contributed by atoms with van der Waals surface area (Å²) in [5, 5.41) is 11.0. The highest BCUT2D eigenvalue weighted by molar-refractivity contribution is 7.07. The van der Waals surface area contributed by atoms with Gasteiger partial charge in [0.15, 0.2) is 16.3 Å². The minimum absolute atomic E-state index is 0.0477. The summed E-state index contributed by atoms with van der Waals surface area (Å²) < 4.78 is 18.9. The number of hydrogen-bond donors (Lipinski definition) is 0. The molecular formula is C31H27N3O7S. The lowest BCUT2D eigenvalue weighted by atomic mass is 9.95. The molecule has 0 aliphatic carbocycles. The van der Waals surface area contributed by atoms with Crippen molar-refractivity contribution in [3.63, 3.8) is 0 Å². The largest absolute Gasteiger partial charge is 0.493 e. The van der Waals surface area contributed by atoms with E-state index >= 15 is 0 Å². The molecule has 0 bridgehead atoms. The number of rotatable bonds is 9. The summed E-state index contributed by atoms with van der Waals surface area (Å²) in [4.78, 5) is 42.6. The van der Waals surface area contributed by atoms with Crippen LogP contribution in [-0.4, -0.2) is 29.2 Å². The van der Waals surface area contributed by atoms with Crippen molar-refractivity contribution >= 4 is 29.1 Å². The normalized spacial score (nSPS) is 14.6. The Bertz CT molecular complexity index is 1860. The highest BCUT2D eigenvalue weighted by Crippen LogP contribution is 2.36. The van der Waals surface area contributed by atoms with E-state index in [0.717, 1.165) is 5.56 Å². The van der Waals surface area contributed by atoms with E-state index in [1.54, 1.807) is 50.3 Å². The first-order valence-electron chi connectivity index (χ1n) is 13.1. The van der Waals surface area contributed by atoms with E-state index in [2.05, 4.69) is 4.99 Å². The molecular weight excluding hydrogens is 558 g/mol. The zero-order valence-electron chi connectivity index (χ0n) is 23.1. The zero-order chi connectivity index (χ0) is 29.8. The van der Waals surface area contributed by atoms with Gasteiger partial charge in [-0.2, -0.15) is 0 Å². The average Bonchev–Trinajstić information content (AvgIpc) is 3.29. The van der Waals surface area contributed by atoms with Gasteiger partial charge in [-0.25, -0.2) is 9.79 Å². The number of benzene rings is 3. The van der Waals surface area contributed by atoms with Crippen LogP contribution in [0.4, 0.5) is 5.69 Å². The van der Waals surface area contributed by atoms with Crippen LogP contribution in [0.5, 0.6) is 11.5 Å². The van der Waals surface area contributed by atoms with Crippen molar-refractivity contribution in [1.82, 2.24) is 4.57 Å². The number of nitro groups is 1. The summed E-state index contributed by atoms with van der Waals surface area (Å²) >= 11 is 1.17. The molecule has 10 nitrogen and oxygen atoms in total. The van der Waals surface area contributed by atoms with Gasteiger partial charge in [-0.1, -0.05) is 47.7 Å². The molecule has 11 heteroatoms. The number of aromatic nitrogens is 1. The molecule has 0 N–H and O–H groups in total. The van der Waals surface area contributed by atoms with Gasteiger partial charge in [0.2, 0.25) is 0 Å². The Kier molecular flexibility index (Phi) is 8.30. The van der Waals surface area contributed by atoms with Crippen LogP contribution in [0.3, 0.4) is 0 Å². The molecule has 1 aliphatic heterocycles. The first-order chi connectivity index (χ1) is 20.3. The molecule has 4 aromatic rings. The molecule has 5 rings (SSSR count). The van der Waals surface area contributed by atoms with Crippen LogP contribution in [0.25, 0.3) is 6.08 Å². The minimum Gasteiger partial charge on any atom is -0.493 e. The molecule has 42 heavy (non-hydrogen) atoms. The number of non-ortho nitro benzene ring substituents is 1. The molecule has 214 valence electrons. The summed E-state index contributed by atoms with van der Waals surface area (Å²) in [6, 6.07) is 20.1. The number of nitro benzene ring substituents is 1. The number of ether oxygens (including phenoxy) is 3. The molecule has 2 heterocycles. The van der Waals surface area contributed by atoms with Crippen LogP contribution in [0.15, 0.2) is 93.9 Å². The van der Waals surface area contributed by atoms with Crippen molar-refractivity contribution in [2.24, 2.45) is 4.99 Å². The lowest BCUT2D eigenvalue weighted by Crippen LogP contribution is -2.40. The van der Waals surface area contributed by atoms with Crippen molar-refractivity contribution in [2.75, 3.05) is 13.7 Å². The maximum Gasteiger partial charge on any atom is 0.338 e. The topological polar surface area (TPSA) is 122 Å². The van der Waals surface area contributed by atoms with Gasteiger partial charge < -0.3 is 14.2 Å². The van der Waals surface area contributed by atoms with Crippen molar-refractivity contribution in [3.8, 4) is 11.5 Å². The van der Waals surface area contributed by atoms with Gasteiger partial charge >= 0.3 is 5.97 Å². The summed E-state index contributed by atoms with van der Waals surface area (Å²) in [5.74, 6) is 0.375. The summed E-state index contributed by atoms with van der Waals surface area (Å²) in [6.45, 7) is 3.91. The highest BCUT2D eigenvalue weighted by Gasteiger charge is 2.34. The number of fused-ring (bicyclic) bond motifs is 1. The Labute approximate surface area is 244 Å². The maximum absolute atomic E-state index is 13.8. The average molecular weight is 586 g/mol. The number of methoxy groups -OCH3 is 1. The minimum atomic E-state index is -0.837. The Morgan fingerprint density at radius 3 is 2.50 bits per heavy atom. The van der Waals surface area contributed by atoms with Gasteiger partial charge in [-0.15, -0.1) is 0 Å². The smallest absolute Gasteiger partial charge is 0.338 e. The van der Waals surface area contributed by atoms with Crippen LogP contribution < -0.4 is 24.4 Å². The van der Waals surface area contributed by atoms with Crippen molar-refractivity contribution < 1.29 is 23.9 Å². The van der Waals surface area contributed by atoms with Gasteiger partial charge in [0.1, 0.15) is 6.61 Å². The molecule has 0 saturated carbocycles. The molecule has 0 fully saturated rings. The Morgan fingerprint density at radius 1 is 1.10 bits per heavy atom. The second-order valence-electron chi connectivity index (χ2n) is 9.34. The fourth-order valence-corrected chi connectivity index (χ4v) is 5.71. The molecule has 1 aliphatic rings. The lowest BCUT2D eigenvalue weighted by Gasteiger charge is -2.25. The van der Waals surface area contributed by atoms with Crippen LogP contribution in [-0.2, 0) is 16.1 Å². The number of carbonyl (C=O) groups excluding carboxylic acids is 1. The van der Waals surface area contributed by atoms with Crippen molar-refractivity contribution in [1.29, 1.82) is 0 Å². The monoisotopic (exact) mass is 585 g/mol. The highest BCUT2D eigenvalue weighted by atomic mass is 32.1. The molecule has 1 unspecified atom stereocenters. The first kappa shape index (κ1) is 28.5. The predicted molar refractivity (Wildman–Crippen MR) is 157 cm³/mol. The summed E-state index contributed by atoms with van der Waals surface area (Å²) in [5.41, 5.74) is 2.49. The third kappa shape index (κ3) is 5.72. The molecule has 3 aromatic carbocycles. The Morgan fingerprint density at radius 2 is 1.83 bits per heavy atom. The van der Waals surface area contributed by atoms with E-state index in [9.17, 15) is 19.7 Å². The number of esters is 1. The lowest BCUT2D eigenvalue weighted by molar-refractivity contribution is -0.384. The third-order valence-electron chi connectivity index (χ3n) is 6.66. The maximum atomic E-state index is 13.8.